The Kier molecular flexibility index (Phi) is 10.2. The first-order chi connectivity index (χ1) is 43.2. The van der Waals surface area contributed by atoms with Crippen LogP contribution >= 0.6 is 0 Å². The third-order valence-corrected chi connectivity index (χ3v) is 18.7. The van der Waals surface area contributed by atoms with Crippen molar-refractivity contribution in [1.82, 2.24) is 0 Å². The third kappa shape index (κ3) is 7.02. The van der Waals surface area contributed by atoms with E-state index in [0.717, 1.165) is 102 Å². The van der Waals surface area contributed by atoms with Crippen molar-refractivity contribution in [2.45, 2.75) is 0 Å². The van der Waals surface area contributed by atoms with Crippen LogP contribution in [0.4, 0.5) is 114 Å². The van der Waals surface area contributed by atoms with Crippen LogP contribution in [0.1, 0.15) is 0 Å². The van der Waals surface area contributed by atoms with Crippen molar-refractivity contribution in [3.63, 3.8) is 0 Å². The number of hydrogen-bond donors (Lipinski definition) is 0. The van der Waals surface area contributed by atoms with Gasteiger partial charge in [-0.25, -0.2) is 0 Å². The molecule has 0 aliphatic carbocycles. The van der Waals surface area contributed by atoms with Gasteiger partial charge in [0.1, 0.15) is 0 Å². The van der Waals surface area contributed by atoms with Gasteiger partial charge in [-0.1, -0.05) is 146 Å². The van der Waals surface area contributed by atoms with Crippen LogP contribution in [0.25, 0.3) is 11.1 Å². The number of rotatable bonds is 5. The van der Waals surface area contributed by atoms with Gasteiger partial charge in [-0.05, 0) is 197 Å². The van der Waals surface area contributed by atoms with Gasteiger partial charge in [0.2, 0.25) is 0 Å². The average Bonchev–Trinajstić information content (AvgIpc) is 0.680. The van der Waals surface area contributed by atoms with Crippen molar-refractivity contribution in [3.05, 3.63) is 309 Å². The Labute approximate surface area is 506 Å². The summed E-state index contributed by atoms with van der Waals surface area (Å²) in [5, 5.41) is 0. The van der Waals surface area contributed by atoms with Crippen LogP contribution in [0.2, 0.25) is 0 Å². The molecule has 6 heterocycles. The minimum Gasteiger partial charge on any atom is -0.376 e. The van der Waals surface area contributed by atoms with Gasteiger partial charge < -0.3 is 34.2 Å². The summed E-state index contributed by atoms with van der Waals surface area (Å²) < 4.78 is 0. The highest BCUT2D eigenvalue weighted by atomic mass is 15.2. The monoisotopic (exact) mass is 1110 g/mol. The molecule has 0 radical (unpaired) electrons. The summed E-state index contributed by atoms with van der Waals surface area (Å²) >= 11 is 0. The first kappa shape index (κ1) is 48.0. The van der Waals surface area contributed by atoms with E-state index in [4.69, 9.17) is 0 Å². The molecule has 87 heavy (non-hydrogen) atoms. The fraction of sp³-hybridized carbons (Fsp3) is 0. The first-order valence-corrected chi connectivity index (χ1v) is 30.1. The van der Waals surface area contributed by atoms with E-state index >= 15 is 0 Å². The Hall–Kier alpha value is -11.4. The maximum atomic E-state index is 2.69. The van der Waals surface area contributed by atoms with Gasteiger partial charge in [-0.2, -0.15) is 0 Å². The zero-order chi connectivity index (χ0) is 56.8. The molecule has 404 valence electrons. The lowest BCUT2D eigenvalue weighted by Crippen LogP contribution is -2.68. The van der Waals surface area contributed by atoms with Crippen LogP contribution in [-0.2, 0) is 0 Å². The number of anilines is 20. The van der Waals surface area contributed by atoms with Crippen molar-refractivity contribution < 1.29 is 0 Å². The zero-order valence-electron chi connectivity index (χ0n) is 47.2. The molecule has 6 aliphatic rings. The van der Waals surface area contributed by atoms with Gasteiger partial charge >= 0.3 is 6.85 Å². The molecule has 13 aromatic rings. The largest absolute Gasteiger partial charge is 0.376 e. The fourth-order valence-corrected chi connectivity index (χ4v) is 15.2. The number of benzene rings is 13. The predicted molar refractivity (Wildman–Crippen MR) is 365 cm³/mol. The van der Waals surface area contributed by atoms with Crippen LogP contribution in [0.15, 0.2) is 309 Å². The molecule has 0 N–H and O–H groups in total. The molecule has 19 rings (SSSR count). The standard InChI is InChI=1S/C78H51B2N7/c1-6-21-52(22-7-1)81-57-31-18-32-58(45-57)82(53-23-8-2-9-24-53)63-39-42-68-72(48-63)85(62-36-20-35-61(81)47-62)75-51-67-66-37-16-17-38-71(66)87(56-29-14-5-15-30-56)80-70-44-41-65-50-74(70)86-73-49-64(40-43-69(73)79(68)77(75)78(86)76(67)80)83(54-25-10-3-11-26-54)59-33-19-34-60(46-59)84(65)55-27-12-4-13-28-55/h1-51H. The number of hydrogen-bond acceptors (Lipinski definition) is 7. The van der Waals surface area contributed by atoms with Crippen LogP contribution < -0.4 is 61.5 Å². The van der Waals surface area contributed by atoms with Crippen LogP contribution in [0.3, 0.4) is 0 Å². The second kappa shape index (κ2) is 18.5. The average molecular weight is 1110 g/mol. The molecule has 0 amide bonds. The molecule has 0 saturated carbocycles. The minimum atomic E-state index is -0.197. The summed E-state index contributed by atoms with van der Waals surface area (Å²) in [6.07, 6.45) is 0. The van der Waals surface area contributed by atoms with Crippen molar-refractivity contribution in [2.75, 3.05) is 34.2 Å². The minimum absolute atomic E-state index is 0.165. The molecule has 7 nitrogen and oxygen atoms in total. The first-order valence-electron chi connectivity index (χ1n) is 30.1. The molecule has 13 aromatic carbocycles. The van der Waals surface area contributed by atoms with E-state index in [-0.39, 0.29) is 13.6 Å². The van der Waals surface area contributed by atoms with Crippen molar-refractivity contribution in [3.8, 4) is 11.1 Å². The lowest BCUT2D eigenvalue weighted by Gasteiger charge is -2.52. The molecule has 0 saturated heterocycles. The second-order valence-corrected chi connectivity index (χ2v) is 23.3. The van der Waals surface area contributed by atoms with Crippen molar-refractivity contribution in [2.24, 2.45) is 0 Å². The van der Waals surface area contributed by atoms with Gasteiger partial charge in [0, 0.05) is 119 Å². The lowest BCUT2D eigenvalue weighted by molar-refractivity contribution is 1.20. The topological polar surface area (TPSA) is 22.7 Å². The highest BCUT2D eigenvalue weighted by molar-refractivity contribution is 7.02. The summed E-state index contributed by atoms with van der Waals surface area (Å²) in [6.45, 7) is -0.363. The summed E-state index contributed by atoms with van der Waals surface area (Å²) in [5.41, 5.74) is 31.0. The molecule has 6 aliphatic heterocycles. The summed E-state index contributed by atoms with van der Waals surface area (Å²) in [5.74, 6) is 0. The molecule has 9 heteroatoms. The molecule has 0 unspecified atom stereocenters. The smallest absolute Gasteiger partial charge is 0.333 e. The van der Waals surface area contributed by atoms with Gasteiger partial charge in [0.05, 0.1) is 0 Å². The lowest BCUT2D eigenvalue weighted by atomic mass is 9.31. The summed E-state index contributed by atoms with van der Waals surface area (Å²) in [4.78, 5) is 17.6. The van der Waals surface area contributed by atoms with E-state index in [9.17, 15) is 0 Å². The maximum absolute atomic E-state index is 2.69. The van der Waals surface area contributed by atoms with Crippen LogP contribution in [-0.4, -0.2) is 13.6 Å². The molecule has 0 aromatic heterocycles. The quantitative estimate of drug-likeness (QED) is 0.158. The molecule has 0 atom stereocenters. The highest BCUT2D eigenvalue weighted by Crippen LogP contribution is 2.55. The van der Waals surface area contributed by atoms with E-state index in [1.807, 2.05) is 0 Å². The van der Waals surface area contributed by atoms with E-state index in [1.165, 1.54) is 49.8 Å². The molecule has 0 spiro atoms. The Morgan fingerprint density at radius 2 is 0.540 bits per heavy atom. The summed E-state index contributed by atoms with van der Waals surface area (Å²) in [6, 6.07) is 115. The van der Waals surface area contributed by atoms with Gasteiger partial charge in [0.25, 0.3) is 6.71 Å². The van der Waals surface area contributed by atoms with E-state index < -0.39 is 0 Å². The maximum Gasteiger partial charge on any atom is 0.333 e. The van der Waals surface area contributed by atoms with Gasteiger partial charge in [0.15, 0.2) is 0 Å². The van der Waals surface area contributed by atoms with Crippen LogP contribution in [0, 0.1) is 0 Å². The highest BCUT2D eigenvalue weighted by Gasteiger charge is 2.53. The Bertz CT molecular complexity index is 4940. The molecular formula is C78H51B2N7. The number of nitrogens with zero attached hydrogens (tertiary/aromatic N) is 7. The zero-order valence-corrected chi connectivity index (χ0v) is 47.2. The number of para-hydroxylation sites is 6. The predicted octanol–water partition coefficient (Wildman–Crippen LogP) is 17.5. The molecule has 0 fully saturated rings. The molecule has 12 bridgehead atoms. The van der Waals surface area contributed by atoms with Crippen LogP contribution in [0.5, 0.6) is 0 Å². The van der Waals surface area contributed by atoms with Crippen molar-refractivity contribution in [1.29, 1.82) is 0 Å². The second-order valence-electron chi connectivity index (χ2n) is 23.3. The van der Waals surface area contributed by atoms with Crippen molar-refractivity contribution >= 4 is 155 Å². The normalized spacial score (nSPS) is 14.0. The Morgan fingerprint density at radius 3 is 0.989 bits per heavy atom. The Morgan fingerprint density at radius 1 is 0.195 bits per heavy atom. The van der Waals surface area contributed by atoms with Gasteiger partial charge in [-0.15, -0.1) is 0 Å². The molecular weight excluding hydrogens is 1060 g/mol. The van der Waals surface area contributed by atoms with Gasteiger partial charge in [-0.3, -0.25) is 0 Å². The SMILES string of the molecule is c1ccc(N2B3c4ccc5cc4N4c6cc(ccc6B6c7ccc8cc7N(c7cccc(c7)N(c7ccccc7)c7cccc(c7)N8c7ccccc7)c7cc(c3c4c76)-c3ccccc32)N(c2ccccc2)c2cccc(c2)N5c2ccccc2)cc1. The van der Waals surface area contributed by atoms with E-state index in [1.54, 1.807) is 0 Å². The fourth-order valence-electron chi connectivity index (χ4n) is 15.2. The Balaban J connectivity index is 0.966. The number of fused-ring (bicyclic) bond motifs is 16. The van der Waals surface area contributed by atoms with E-state index in [2.05, 4.69) is 344 Å². The summed E-state index contributed by atoms with van der Waals surface area (Å²) in [7, 11) is 0. The third-order valence-electron chi connectivity index (χ3n) is 18.7. The van der Waals surface area contributed by atoms with E-state index in [0.29, 0.717) is 0 Å².